The van der Waals surface area contributed by atoms with Crippen molar-refractivity contribution in [3.63, 3.8) is 0 Å². The lowest BCUT2D eigenvalue weighted by Crippen LogP contribution is -1.86. The fourth-order valence-electron chi connectivity index (χ4n) is 3.15. The normalized spacial score (nSPS) is 11.9. The summed E-state index contributed by atoms with van der Waals surface area (Å²) in [5, 5.41) is 7.84. The molecule has 0 bridgehead atoms. The fourth-order valence-corrected chi connectivity index (χ4v) is 3.15. The van der Waals surface area contributed by atoms with Crippen molar-refractivity contribution in [1.82, 2.24) is 0 Å². The van der Waals surface area contributed by atoms with Crippen molar-refractivity contribution >= 4 is 38.5 Å². The average Bonchev–Trinajstić information content (AvgIpc) is 2.55. The van der Waals surface area contributed by atoms with Crippen molar-refractivity contribution in [2.75, 3.05) is 7.05 Å². The maximum atomic E-state index is 4.13. The number of rotatable bonds is 1. The molecule has 100 valence electrons. The minimum absolute atomic E-state index is 1.14. The molecule has 4 rings (SSSR count). The molecule has 0 saturated heterocycles. The first-order valence-corrected chi connectivity index (χ1v) is 7.14. The molecule has 4 aromatic carbocycles. The average molecular weight is 269 g/mol. The van der Waals surface area contributed by atoms with Gasteiger partial charge in [-0.25, -0.2) is 0 Å². The maximum absolute atomic E-state index is 4.13. The summed E-state index contributed by atoms with van der Waals surface area (Å²) in [6.07, 6.45) is 1.91. The third-order valence-electron chi connectivity index (χ3n) is 4.05. The summed E-state index contributed by atoms with van der Waals surface area (Å²) >= 11 is 0. The molecular weight excluding hydrogens is 254 g/mol. The van der Waals surface area contributed by atoms with Crippen molar-refractivity contribution in [3.05, 3.63) is 72.3 Å². The zero-order chi connectivity index (χ0) is 14.2. The van der Waals surface area contributed by atoms with E-state index in [0.717, 1.165) is 5.56 Å². The first-order chi connectivity index (χ1) is 10.4. The predicted octanol–water partition coefficient (Wildman–Crippen LogP) is 5.19. The lowest BCUT2D eigenvalue weighted by molar-refractivity contribution is 1.46. The zero-order valence-electron chi connectivity index (χ0n) is 11.9. The van der Waals surface area contributed by atoms with E-state index in [1.807, 2.05) is 13.3 Å². The number of benzene rings is 4. The Kier molecular flexibility index (Phi) is 2.71. The summed E-state index contributed by atoms with van der Waals surface area (Å²) < 4.78 is 0. The van der Waals surface area contributed by atoms with Gasteiger partial charge in [0.25, 0.3) is 0 Å². The number of fused-ring (bicyclic) bond motifs is 6. The Morgan fingerprint density at radius 1 is 0.619 bits per heavy atom. The van der Waals surface area contributed by atoms with E-state index < -0.39 is 0 Å². The van der Waals surface area contributed by atoms with E-state index in [1.165, 1.54) is 32.3 Å². The molecule has 1 heteroatoms. The molecule has 0 fully saturated rings. The smallest absolute Gasteiger partial charge is 0.0281 e. The Morgan fingerprint density at radius 3 is 1.62 bits per heavy atom. The minimum Gasteiger partial charge on any atom is -0.296 e. The largest absolute Gasteiger partial charge is 0.296 e. The lowest BCUT2D eigenvalue weighted by atomic mass is 9.93. The van der Waals surface area contributed by atoms with Crippen LogP contribution >= 0.6 is 0 Å². The van der Waals surface area contributed by atoms with Gasteiger partial charge in [0.1, 0.15) is 0 Å². The number of aliphatic imine (C=N–C) groups is 1. The molecule has 0 aromatic heterocycles. The molecule has 0 radical (unpaired) electrons. The predicted molar refractivity (Wildman–Crippen MR) is 92.5 cm³/mol. The highest BCUT2D eigenvalue weighted by Gasteiger charge is 2.07. The van der Waals surface area contributed by atoms with E-state index in [9.17, 15) is 0 Å². The molecule has 4 aromatic rings. The van der Waals surface area contributed by atoms with E-state index >= 15 is 0 Å². The van der Waals surface area contributed by atoms with Crippen LogP contribution in [-0.4, -0.2) is 13.3 Å². The van der Waals surface area contributed by atoms with E-state index in [-0.39, 0.29) is 0 Å². The molecule has 0 heterocycles. The maximum Gasteiger partial charge on any atom is 0.0281 e. The molecule has 0 unspecified atom stereocenters. The standard InChI is InChI=1S/C20H15N/c1-21-13-14-10-11-19-17-8-3-2-6-15(17)16-7-4-5-9-18(16)20(19)12-14/h2-13H,1H3/b21-13+. The minimum atomic E-state index is 1.14. The fraction of sp³-hybridized carbons (Fsp3) is 0.0500. The van der Waals surface area contributed by atoms with Crippen molar-refractivity contribution in [2.45, 2.75) is 0 Å². The van der Waals surface area contributed by atoms with Crippen LogP contribution in [0, 0.1) is 0 Å². The highest BCUT2D eigenvalue weighted by molar-refractivity contribution is 6.25. The summed E-state index contributed by atoms with van der Waals surface area (Å²) in [7, 11) is 1.81. The van der Waals surface area contributed by atoms with Crippen LogP contribution in [-0.2, 0) is 0 Å². The molecule has 0 atom stereocenters. The van der Waals surface area contributed by atoms with Crippen LogP contribution in [0.3, 0.4) is 0 Å². The Morgan fingerprint density at radius 2 is 1.10 bits per heavy atom. The second-order valence-electron chi connectivity index (χ2n) is 5.28. The van der Waals surface area contributed by atoms with Gasteiger partial charge in [0.15, 0.2) is 0 Å². The summed E-state index contributed by atoms with van der Waals surface area (Å²) in [6.45, 7) is 0. The van der Waals surface area contributed by atoms with Gasteiger partial charge in [-0.1, -0.05) is 60.7 Å². The lowest BCUT2D eigenvalue weighted by Gasteiger charge is -2.10. The van der Waals surface area contributed by atoms with Gasteiger partial charge >= 0.3 is 0 Å². The van der Waals surface area contributed by atoms with E-state index in [0.29, 0.717) is 0 Å². The highest BCUT2D eigenvalue weighted by Crippen LogP contribution is 2.34. The first-order valence-electron chi connectivity index (χ1n) is 7.14. The topological polar surface area (TPSA) is 12.4 Å². The van der Waals surface area contributed by atoms with Crippen molar-refractivity contribution in [3.8, 4) is 0 Å². The molecular formula is C20H15N. The third kappa shape index (κ3) is 1.82. The summed E-state index contributed by atoms with van der Waals surface area (Å²) in [5.74, 6) is 0. The van der Waals surface area contributed by atoms with E-state index in [4.69, 9.17) is 0 Å². The van der Waals surface area contributed by atoms with E-state index in [2.05, 4.69) is 71.7 Å². The summed E-state index contributed by atoms with van der Waals surface area (Å²) in [5.41, 5.74) is 1.14. The van der Waals surface area contributed by atoms with Crippen molar-refractivity contribution in [1.29, 1.82) is 0 Å². The van der Waals surface area contributed by atoms with Gasteiger partial charge in [-0.05, 0) is 43.9 Å². The molecule has 0 aliphatic rings. The Hall–Kier alpha value is -2.67. The molecule has 21 heavy (non-hydrogen) atoms. The van der Waals surface area contributed by atoms with E-state index in [1.54, 1.807) is 0 Å². The van der Waals surface area contributed by atoms with Crippen LogP contribution in [0.4, 0.5) is 0 Å². The molecule has 0 aliphatic heterocycles. The van der Waals surface area contributed by atoms with Crippen LogP contribution < -0.4 is 0 Å². The SMILES string of the molecule is C/N=C/c1ccc2c3ccccc3c3ccccc3c2c1. The molecule has 0 spiro atoms. The van der Waals surface area contributed by atoms with Crippen molar-refractivity contribution in [2.24, 2.45) is 4.99 Å². The zero-order valence-corrected chi connectivity index (χ0v) is 11.9. The Bertz CT molecular complexity index is 961. The van der Waals surface area contributed by atoms with Crippen LogP contribution in [0.5, 0.6) is 0 Å². The number of hydrogen-bond acceptors (Lipinski definition) is 1. The quantitative estimate of drug-likeness (QED) is 0.333. The van der Waals surface area contributed by atoms with Crippen LogP contribution in [0.25, 0.3) is 32.3 Å². The number of hydrogen-bond donors (Lipinski definition) is 0. The van der Waals surface area contributed by atoms with Gasteiger partial charge in [-0.2, -0.15) is 0 Å². The number of nitrogens with zero attached hydrogens (tertiary/aromatic N) is 1. The summed E-state index contributed by atoms with van der Waals surface area (Å²) in [4.78, 5) is 4.13. The molecule has 0 amide bonds. The molecule has 0 saturated carbocycles. The second kappa shape index (κ2) is 4.71. The third-order valence-corrected chi connectivity index (χ3v) is 4.05. The molecule has 0 N–H and O–H groups in total. The van der Waals surface area contributed by atoms with Gasteiger partial charge in [0.05, 0.1) is 0 Å². The first kappa shape index (κ1) is 12.1. The van der Waals surface area contributed by atoms with Crippen LogP contribution in [0.15, 0.2) is 71.7 Å². The van der Waals surface area contributed by atoms with Crippen LogP contribution in [0.2, 0.25) is 0 Å². The highest BCUT2D eigenvalue weighted by atomic mass is 14.6. The van der Waals surface area contributed by atoms with Gasteiger partial charge in [-0.15, -0.1) is 0 Å². The summed E-state index contributed by atoms with van der Waals surface area (Å²) in [6, 6.07) is 23.8. The van der Waals surface area contributed by atoms with Gasteiger partial charge in [0, 0.05) is 13.3 Å². The molecule has 0 aliphatic carbocycles. The Labute approximate surface area is 123 Å². The van der Waals surface area contributed by atoms with Gasteiger partial charge < -0.3 is 0 Å². The van der Waals surface area contributed by atoms with Crippen LogP contribution in [0.1, 0.15) is 5.56 Å². The monoisotopic (exact) mass is 269 g/mol. The second-order valence-corrected chi connectivity index (χ2v) is 5.28. The molecule has 1 nitrogen and oxygen atoms in total. The van der Waals surface area contributed by atoms with Gasteiger partial charge in [0.2, 0.25) is 0 Å². The Balaban J connectivity index is 2.30. The van der Waals surface area contributed by atoms with Crippen molar-refractivity contribution < 1.29 is 0 Å². The van der Waals surface area contributed by atoms with Gasteiger partial charge in [-0.3, -0.25) is 4.99 Å².